The van der Waals surface area contributed by atoms with Gasteiger partial charge in [0.25, 0.3) is 0 Å². The van der Waals surface area contributed by atoms with Gasteiger partial charge in [0.1, 0.15) is 5.82 Å². The molecule has 0 atom stereocenters. The zero-order valence-electron chi connectivity index (χ0n) is 9.67. The molecule has 2 rings (SSSR count). The first kappa shape index (κ1) is 10.5. The third-order valence-corrected chi connectivity index (χ3v) is 2.79. The van der Waals surface area contributed by atoms with Gasteiger partial charge in [0.15, 0.2) is 0 Å². The molecule has 82 valence electrons. The van der Waals surface area contributed by atoms with Crippen molar-refractivity contribution in [2.24, 2.45) is 0 Å². The summed E-state index contributed by atoms with van der Waals surface area (Å²) in [6, 6.07) is 0. The van der Waals surface area contributed by atoms with Gasteiger partial charge in [0, 0.05) is 31.6 Å². The lowest BCUT2D eigenvalue weighted by atomic mass is 10.0. The fraction of sp³-hybridized carbons (Fsp3) is 0.636. The predicted molar refractivity (Wildman–Crippen MR) is 59.6 cm³/mol. The van der Waals surface area contributed by atoms with Gasteiger partial charge in [-0.05, 0) is 21.0 Å². The van der Waals surface area contributed by atoms with E-state index in [1.165, 1.54) is 11.3 Å². The molecule has 2 heterocycles. The van der Waals surface area contributed by atoms with Crippen LogP contribution in [0.25, 0.3) is 0 Å². The van der Waals surface area contributed by atoms with Gasteiger partial charge < -0.3 is 10.2 Å². The minimum absolute atomic E-state index is 0.833. The molecule has 1 aromatic rings. The lowest BCUT2D eigenvalue weighted by Gasteiger charge is -2.26. The van der Waals surface area contributed by atoms with Gasteiger partial charge in [0.05, 0.1) is 11.4 Å². The van der Waals surface area contributed by atoms with Gasteiger partial charge in [-0.15, -0.1) is 0 Å². The first-order chi connectivity index (χ1) is 7.20. The van der Waals surface area contributed by atoms with Gasteiger partial charge in [-0.25, -0.2) is 9.97 Å². The van der Waals surface area contributed by atoms with E-state index in [4.69, 9.17) is 0 Å². The fourth-order valence-corrected chi connectivity index (χ4v) is 2.07. The Bertz CT molecular complexity index is 362. The molecule has 0 radical (unpaired) electrons. The zero-order valence-corrected chi connectivity index (χ0v) is 9.67. The van der Waals surface area contributed by atoms with Gasteiger partial charge in [-0.3, -0.25) is 0 Å². The first-order valence-corrected chi connectivity index (χ1v) is 5.39. The smallest absolute Gasteiger partial charge is 0.125 e. The lowest BCUT2D eigenvalue weighted by Crippen LogP contribution is -2.30. The Balaban J connectivity index is 2.40. The van der Waals surface area contributed by atoms with Crippen LogP contribution in [0.15, 0.2) is 0 Å². The van der Waals surface area contributed by atoms with Crippen molar-refractivity contribution >= 4 is 0 Å². The number of fused-ring (bicyclic) bond motifs is 1. The van der Waals surface area contributed by atoms with Crippen LogP contribution >= 0.6 is 0 Å². The second kappa shape index (κ2) is 4.24. The molecule has 1 aromatic heterocycles. The van der Waals surface area contributed by atoms with Crippen LogP contribution < -0.4 is 5.32 Å². The summed E-state index contributed by atoms with van der Waals surface area (Å²) >= 11 is 0. The molecule has 0 amide bonds. The Morgan fingerprint density at radius 2 is 2.20 bits per heavy atom. The van der Waals surface area contributed by atoms with Crippen LogP contribution in [0.1, 0.15) is 22.8 Å². The summed E-state index contributed by atoms with van der Waals surface area (Å²) in [6.07, 6.45) is 1.05. The number of aromatic nitrogens is 2. The van der Waals surface area contributed by atoms with Crippen molar-refractivity contribution in [3.8, 4) is 0 Å². The molecule has 0 saturated carbocycles. The molecule has 1 aliphatic rings. The van der Waals surface area contributed by atoms with E-state index in [-0.39, 0.29) is 0 Å². The summed E-state index contributed by atoms with van der Waals surface area (Å²) in [7, 11) is 4.10. The van der Waals surface area contributed by atoms with Crippen molar-refractivity contribution in [2.75, 3.05) is 20.6 Å². The third-order valence-electron chi connectivity index (χ3n) is 2.79. The molecular weight excluding hydrogens is 188 g/mol. The molecule has 4 heteroatoms. The molecule has 0 spiro atoms. The molecule has 0 aliphatic carbocycles. The second-order valence-corrected chi connectivity index (χ2v) is 4.16. The lowest BCUT2D eigenvalue weighted by molar-refractivity contribution is 0.306. The van der Waals surface area contributed by atoms with Crippen LogP contribution in [0, 0.1) is 6.92 Å². The molecular formula is C11H18N4. The van der Waals surface area contributed by atoms with Crippen molar-refractivity contribution in [3.63, 3.8) is 0 Å². The molecule has 0 saturated heterocycles. The first-order valence-electron chi connectivity index (χ1n) is 5.39. The Kier molecular flexibility index (Phi) is 2.98. The highest BCUT2D eigenvalue weighted by molar-refractivity contribution is 5.28. The average Bonchev–Trinajstić information content (AvgIpc) is 2.19. The largest absolute Gasteiger partial charge is 0.314 e. The number of rotatable bonds is 2. The monoisotopic (exact) mass is 206 g/mol. The molecule has 4 nitrogen and oxygen atoms in total. The highest BCUT2D eigenvalue weighted by atomic mass is 15.1. The third kappa shape index (κ3) is 2.16. The maximum atomic E-state index is 4.53. The van der Waals surface area contributed by atoms with Gasteiger partial charge in [-0.2, -0.15) is 0 Å². The summed E-state index contributed by atoms with van der Waals surface area (Å²) in [5, 5.41) is 3.17. The van der Waals surface area contributed by atoms with Crippen LogP contribution in [0.2, 0.25) is 0 Å². The topological polar surface area (TPSA) is 41.1 Å². The highest BCUT2D eigenvalue weighted by Crippen LogP contribution is 2.19. The molecule has 0 fully saturated rings. The Morgan fingerprint density at radius 1 is 1.40 bits per heavy atom. The van der Waals surface area contributed by atoms with Crippen molar-refractivity contribution in [3.05, 3.63) is 22.8 Å². The second-order valence-electron chi connectivity index (χ2n) is 4.16. The van der Waals surface area contributed by atoms with Gasteiger partial charge in [0.2, 0.25) is 0 Å². The van der Waals surface area contributed by atoms with E-state index in [0.717, 1.165) is 37.6 Å². The summed E-state index contributed by atoms with van der Waals surface area (Å²) in [5.74, 6) is 0.892. The molecule has 15 heavy (non-hydrogen) atoms. The van der Waals surface area contributed by atoms with Crippen LogP contribution in [0.4, 0.5) is 0 Å². The van der Waals surface area contributed by atoms with E-state index in [0.29, 0.717) is 0 Å². The fourth-order valence-electron chi connectivity index (χ4n) is 2.07. The van der Waals surface area contributed by atoms with Crippen LogP contribution in [-0.2, 0) is 19.5 Å². The van der Waals surface area contributed by atoms with Crippen molar-refractivity contribution in [2.45, 2.75) is 26.4 Å². The predicted octanol–water partition coefficient (Wildman–Crippen LogP) is 0.492. The van der Waals surface area contributed by atoms with E-state index < -0.39 is 0 Å². The van der Waals surface area contributed by atoms with Crippen LogP contribution in [0.5, 0.6) is 0 Å². The van der Waals surface area contributed by atoms with E-state index in [1.54, 1.807) is 0 Å². The van der Waals surface area contributed by atoms with E-state index in [9.17, 15) is 0 Å². The molecule has 0 aromatic carbocycles. The summed E-state index contributed by atoms with van der Waals surface area (Å²) in [6.45, 7) is 4.88. The average molecular weight is 206 g/mol. The number of aryl methyl sites for hydroxylation is 1. The SMILES string of the molecule is CNCc1nc(C)nc2c1CN(C)CC2. The van der Waals surface area contributed by atoms with Crippen molar-refractivity contribution in [1.29, 1.82) is 0 Å². The maximum absolute atomic E-state index is 4.53. The summed E-state index contributed by atoms with van der Waals surface area (Å²) in [5.41, 5.74) is 3.72. The van der Waals surface area contributed by atoms with E-state index in [2.05, 4.69) is 27.2 Å². The number of likely N-dealkylation sites (N-methyl/N-ethyl adjacent to an activating group) is 1. The quantitative estimate of drug-likeness (QED) is 0.764. The van der Waals surface area contributed by atoms with E-state index in [1.807, 2.05) is 14.0 Å². The van der Waals surface area contributed by atoms with Crippen molar-refractivity contribution in [1.82, 2.24) is 20.2 Å². The number of hydrogen-bond donors (Lipinski definition) is 1. The normalized spacial score (nSPS) is 16.5. The molecule has 0 unspecified atom stereocenters. The van der Waals surface area contributed by atoms with Gasteiger partial charge in [-0.1, -0.05) is 0 Å². The maximum Gasteiger partial charge on any atom is 0.125 e. The van der Waals surface area contributed by atoms with Gasteiger partial charge >= 0.3 is 0 Å². The summed E-state index contributed by atoms with van der Waals surface area (Å²) < 4.78 is 0. The zero-order chi connectivity index (χ0) is 10.8. The van der Waals surface area contributed by atoms with Crippen molar-refractivity contribution < 1.29 is 0 Å². The molecule has 1 N–H and O–H groups in total. The highest BCUT2D eigenvalue weighted by Gasteiger charge is 2.18. The number of hydrogen-bond acceptors (Lipinski definition) is 4. The number of nitrogens with zero attached hydrogens (tertiary/aromatic N) is 3. The number of nitrogens with one attached hydrogen (secondary N) is 1. The standard InChI is InChI=1S/C11H18N4/c1-8-13-10-4-5-15(3)7-9(10)11(14-8)6-12-2/h12H,4-7H2,1-3H3. The van der Waals surface area contributed by atoms with Crippen LogP contribution in [0.3, 0.4) is 0 Å². The summed E-state index contributed by atoms with van der Waals surface area (Å²) in [4.78, 5) is 11.4. The van der Waals surface area contributed by atoms with Crippen LogP contribution in [-0.4, -0.2) is 35.5 Å². The molecule has 0 bridgehead atoms. The minimum atomic E-state index is 0.833. The Hall–Kier alpha value is -1.00. The Morgan fingerprint density at radius 3 is 2.93 bits per heavy atom. The Labute approximate surface area is 90.7 Å². The molecule has 1 aliphatic heterocycles. The minimum Gasteiger partial charge on any atom is -0.314 e. The van der Waals surface area contributed by atoms with E-state index >= 15 is 0 Å².